The number of fused-ring (bicyclic) bond motifs is 1. The lowest BCUT2D eigenvalue weighted by atomic mass is 10.1. The number of likely N-dealkylation sites (N-methyl/N-ethyl adjacent to an activating group) is 1. The number of carbonyl (C=O) groups excluding carboxylic acids is 1. The Morgan fingerprint density at radius 2 is 2.00 bits per heavy atom. The van der Waals surface area contributed by atoms with Crippen LogP contribution in [0.4, 0.5) is 0 Å². The van der Waals surface area contributed by atoms with E-state index in [2.05, 4.69) is 50.5 Å². The smallest absolute Gasteiger partial charge is 0.233 e. The van der Waals surface area contributed by atoms with Crippen LogP contribution in [0, 0.1) is 0 Å². The van der Waals surface area contributed by atoms with Crippen molar-refractivity contribution in [1.29, 1.82) is 0 Å². The third-order valence-corrected chi connectivity index (χ3v) is 7.18. The first-order valence-corrected chi connectivity index (χ1v) is 11.5. The highest BCUT2D eigenvalue weighted by Gasteiger charge is 2.22. The Labute approximate surface area is 174 Å². The lowest BCUT2D eigenvalue weighted by Gasteiger charge is -2.30. The molecule has 0 atom stereocenters. The van der Waals surface area contributed by atoms with Gasteiger partial charge >= 0.3 is 0 Å². The molecule has 4 rings (SSSR count). The van der Waals surface area contributed by atoms with Gasteiger partial charge in [0.2, 0.25) is 5.91 Å². The van der Waals surface area contributed by atoms with Gasteiger partial charge in [0.1, 0.15) is 16.2 Å². The van der Waals surface area contributed by atoms with E-state index in [1.807, 2.05) is 17.0 Å². The van der Waals surface area contributed by atoms with Crippen molar-refractivity contribution in [1.82, 2.24) is 14.9 Å². The third kappa shape index (κ3) is 4.18. The number of nitrogens with one attached hydrogen (secondary N) is 1. The number of halogens is 1. The van der Waals surface area contributed by atoms with Gasteiger partial charge in [-0.15, -0.1) is 11.3 Å². The first-order chi connectivity index (χ1) is 13.1. The number of carbonyl (C=O) groups is 1. The normalized spacial score (nSPS) is 15.4. The lowest BCUT2D eigenvalue weighted by Crippen LogP contribution is -3.12. The number of nitrogens with zero attached hydrogens (tertiary/aromatic N) is 3. The lowest BCUT2D eigenvalue weighted by molar-refractivity contribution is -0.883. The highest BCUT2D eigenvalue weighted by molar-refractivity contribution is 9.10. The fourth-order valence-electron chi connectivity index (χ4n) is 3.16. The Morgan fingerprint density at radius 3 is 2.74 bits per heavy atom. The average molecular weight is 464 g/mol. The summed E-state index contributed by atoms with van der Waals surface area (Å²) in [5.41, 5.74) is 2.26. The number of thioether (sulfide) groups is 1. The van der Waals surface area contributed by atoms with Gasteiger partial charge in [-0.25, -0.2) is 9.97 Å². The van der Waals surface area contributed by atoms with Crippen molar-refractivity contribution in [3.05, 3.63) is 40.4 Å². The van der Waals surface area contributed by atoms with Crippen molar-refractivity contribution in [3.8, 4) is 11.1 Å². The molecule has 2 aromatic heterocycles. The molecule has 1 aliphatic rings. The van der Waals surface area contributed by atoms with Crippen LogP contribution in [0.2, 0.25) is 0 Å². The maximum absolute atomic E-state index is 12.6. The summed E-state index contributed by atoms with van der Waals surface area (Å²) in [6.45, 7) is 3.72. The van der Waals surface area contributed by atoms with Gasteiger partial charge in [-0.1, -0.05) is 39.8 Å². The van der Waals surface area contributed by atoms with Crippen molar-refractivity contribution in [2.45, 2.75) is 5.03 Å². The summed E-state index contributed by atoms with van der Waals surface area (Å²) < 4.78 is 1.05. The second kappa shape index (κ2) is 8.26. The van der Waals surface area contributed by atoms with Crippen molar-refractivity contribution < 1.29 is 9.69 Å². The van der Waals surface area contributed by atoms with Crippen LogP contribution in [0.5, 0.6) is 0 Å². The molecule has 1 aliphatic heterocycles. The monoisotopic (exact) mass is 463 g/mol. The number of hydrogen-bond donors (Lipinski definition) is 1. The molecule has 1 aromatic carbocycles. The molecule has 0 aliphatic carbocycles. The number of piperazine rings is 1. The van der Waals surface area contributed by atoms with Crippen molar-refractivity contribution in [2.75, 3.05) is 39.0 Å². The van der Waals surface area contributed by atoms with Gasteiger partial charge < -0.3 is 9.80 Å². The summed E-state index contributed by atoms with van der Waals surface area (Å²) in [6.07, 6.45) is 1.59. The summed E-state index contributed by atoms with van der Waals surface area (Å²) in [4.78, 5) is 25.9. The van der Waals surface area contributed by atoms with Crippen LogP contribution in [-0.4, -0.2) is 59.8 Å². The first kappa shape index (κ1) is 18.9. The maximum atomic E-state index is 12.6. The molecule has 1 amide bonds. The Kier molecular flexibility index (Phi) is 5.77. The van der Waals surface area contributed by atoms with Crippen LogP contribution in [0.1, 0.15) is 0 Å². The van der Waals surface area contributed by atoms with E-state index in [0.717, 1.165) is 57.0 Å². The highest BCUT2D eigenvalue weighted by Crippen LogP contribution is 2.38. The maximum Gasteiger partial charge on any atom is 0.233 e. The van der Waals surface area contributed by atoms with E-state index < -0.39 is 0 Å². The molecule has 8 heteroatoms. The standard InChI is InChI=1S/C19H19BrN4OS2/c1-23-6-8-24(9-7-23)16(25)11-27-19-17-15(10-26-18(17)21-12-22-19)13-2-4-14(20)5-3-13/h2-5,10,12H,6-9,11H2,1H3/p+1. The molecule has 140 valence electrons. The summed E-state index contributed by atoms with van der Waals surface area (Å²) in [7, 11) is 2.18. The molecule has 3 heterocycles. The minimum absolute atomic E-state index is 0.194. The summed E-state index contributed by atoms with van der Waals surface area (Å²) in [5, 5.41) is 4.05. The van der Waals surface area contributed by atoms with Crippen LogP contribution in [0.15, 0.2) is 45.5 Å². The number of amides is 1. The molecule has 27 heavy (non-hydrogen) atoms. The van der Waals surface area contributed by atoms with E-state index in [-0.39, 0.29) is 5.91 Å². The van der Waals surface area contributed by atoms with Crippen molar-refractivity contribution in [3.63, 3.8) is 0 Å². The molecule has 1 N–H and O–H groups in total. The topological polar surface area (TPSA) is 50.5 Å². The van der Waals surface area contributed by atoms with E-state index >= 15 is 0 Å². The van der Waals surface area contributed by atoms with Crippen molar-refractivity contribution >= 4 is 55.2 Å². The molecule has 3 aromatic rings. The number of aromatic nitrogens is 2. The molecule has 1 saturated heterocycles. The fraction of sp³-hybridized carbons (Fsp3) is 0.316. The largest absolute Gasteiger partial charge is 0.334 e. The number of hydrogen-bond acceptors (Lipinski definition) is 5. The minimum atomic E-state index is 0.194. The Balaban J connectivity index is 1.56. The SMILES string of the molecule is C[NH+]1CCN(C(=O)CSc2ncnc3scc(-c4ccc(Br)cc4)c23)CC1. The van der Waals surface area contributed by atoms with Gasteiger partial charge in [0, 0.05) is 15.4 Å². The Morgan fingerprint density at radius 1 is 1.26 bits per heavy atom. The van der Waals surface area contributed by atoms with Gasteiger partial charge in [-0.3, -0.25) is 4.79 Å². The number of thiophene rings is 1. The molecule has 5 nitrogen and oxygen atoms in total. The van der Waals surface area contributed by atoms with Crippen LogP contribution >= 0.6 is 39.0 Å². The zero-order valence-corrected chi connectivity index (χ0v) is 18.2. The fourth-order valence-corrected chi connectivity index (χ4v) is 5.32. The zero-order chi connectivity index (χ0) is 18.8. The summed E-state index contributed by atoms with van der Waals surface area (Å²) in [6, 6.07) is 8.25. The molecule has 0 saturated carbocycles. The van der Waals surface area contributed by atoms with E-state index in [9.17, 15) is 4.79 Å². The second-order valence-electron chi connectivity index (χ2n) is 6.64. The summed E-state index contributed by atoms with van der Waals surface area (Å²) >= 11 is 6.62. The molecule has 0 bridgehead atoms. The number of benzene rings is 1. The second-order valence-corrected chi connectivity index (χ2v) is 9.38. The van der Waals surface area contributed by atoms with Crippen molar-refractivity contribution in [2.24, 2.45) is 0 Å². The minimum Gasteiger partial charge on any atom is -0.334 e. The Bertz CT molecular complexity index is 952. The van der Waals surface area contributed by atoms with E-state index in [0.29, 0.717) is 5.75 Å². The molecular weight excluding hydrogens is 444 g/mol. The van der Waals surface area contributed by atoms with Gasteiger partial charge in [0.05, 0.1) is 44.4 Å². The number of quaternary nitrogens is 1. The molecule has 0 spiro atoms. The molecule has 1 fully saturated rings. The van der Waals surface area contributed by atoms with E-state index in [4.69, 9.17) is 0 Å². The highest BCUT2D eigenvalue weighted by atomic mass is 79.9. The van der Waals surface area contributed by atoms with Gasteiger partial charge in [-0.2, -0.15) is 0 Å². The number of rotatable bonds is 4. The molecule has 0 radical (unpaired) electrons. The van der Waals surface area contributed by atoms with Gasteiger partial charge in [0.15, 0.2) is 0 Å². The summed E-state index contributed by atoms with van der Waals surface area (Å²) in [5.74, 6) is 0.612. The third-order valence-electron chi connectivity index (χ3n) is 4.79. The Hall–Kier alpha value is -1.48. The molecular formula is C19H20BrN4OS2+. The molecule has 0 unspecified atom stereocenters. The van der Waals surface area contributed by atoms with Gasteiger partial charge in [-0.05, 0) is 17.7 Å². The zero-order valence-electron chi connectivity index (χ0n) is 14.9. The quantitative estimate of drug-likeness (QED) is 0.477. The van der Waals surface area contributed by atoms with Crippen LogP contribution in [0.25, 0.3) is 21.3 Å². The average Bonchev–Trinajstić information content (AvgIpc) is 3.12. The predicted molar refractivity (Wildman–Crippen MR) is 114 cm³/mol. The predicted octanol–water partition coefficient (Wildman–Crippen LogP) is 2.57. The first-order valence-electron chi connectivity index (χ1n) is 8.82. The van der Waals surface area contributed by atoms with Crippen LogP contribution < -0.4 is 4.90 Å². The van der Waals surface area contributed by atoms with Crippen LogP contribution in [-0.2, 0) is 4.79 Å². The van der Waals surface area contributed by atoms with Gasteiger partial charge in [0.25, 0.3) is 0 Å². The van der Waals surface area contributed by atoms with E-state index in [1.165, 1.54) is 16.7 Å². The van der Waals surface area contributed by atoms with Crippen LogP contribution in [0.3, 0.4) is 0 Å². The van der Waals surface area contributed by atoms with E-state index in [1.54, 1.807) is 17.7 Å².